The molecule has 0 unspecified atom stereocenters. The van der Waals surface area contributed by atoms with Crippen LogP contribution >= 0.6 is 11.6 Å². The van der Waals surface area contributed by atoms with Gasteiger partial charge < -0.3 is 10.2 Å². The molecule has 2 aliphatic heterocycles. The summed E-state index contributed by atoms with van der Waals surface area (Å²) in [5.74, 6) is -0.726. The van der Waals surface area contributed by atoms with Gasteiger partial charge in [-0.05, 0) is 73.4 Å². The van der Waals surface area contributed by atoms with Gasteiger partial charge in [0, 0.05) is 29.5 Å². The molecule has 1 fully saturated rings. The molecule has 0 bridgehead atoms. The van der Waals surface area contributed by atoms with Crippen LogP contribution in [-0.2, 0) is 9.59 Å². The topological polar surface area (TPSA) is 52.7 Å². The first-order valence-corrected chi connectivity index (χ1v) is 11.5. The van der Waals surface area contributed by atoms with Crippen LogP contribution in [-0.4, -0.2) is 24.9 Å². The van der Waals surface area contributed by atoms with Crippen molar-refractivity contribution >= 4 is 46.1 Å². The molecule has 166 valence electrons. The van der Waals surface area contributed by atoms with E-state index >= 15 is 0 Å². The van der Waals surface area contributed by atoms with E-state index in [9.17, 15) is 9.59 Å². The summed E-state index contributed by atoms with van der Waals surface area (Å²) < 4.78 is 0. The summed E-state index contributed by atoms with van der Waals surface area (Å²) in [6, 6.07) is 22.4. The molecule has 2 heterocycles. The van der Waals surface area contributed by atoms with Crippen LogP contribution in [0.4, 0.5) is 17.1 Å². The van der Waals surface area contributed by atoms with Crippen molar-refractivity contribution in [3.63, 3.8) is 0 Å². The molecule has 0 spiro atoms. The number of hydrogen-bond acceptors (Lipinski definition) is 4. The molecule has 1 N–H and O–H groups in total. The second-order valence-electron chi connectivity index (χ2n) is 8.36. The Balaban J connectivity index is 1.53. The SMILES string of the molecule is Cc1ccccc1N1C(=O)C(Nc2ccc(N3CCCC3)cc2)=C(c2ccc(Cl)cc2)C1=O. The zero-order valence-corrected chi connectivity index (χ0v) is 19.1. The molecular formula is C27H24ClN3O2. The molecule has 2 aliphatic rings. The van der Waals surface area contributed by atoms with Crippen molar-refractivity contribution in [3.05, 3.63) is 94.6 Å². The number of anilines is 3. The number of carbonyl (C=O) groups excluding carboxylic acids is 2. The summed E-state index contributed by atoms with van der Waals surface area (Å²) in [5, 5.41) is 3.81. The summed E-state index contributed by atoms with van der Waals surface area (Å²) >= 11 is 6.07. The van der Waals surface area contributed by atoms with Crippen molar-refractivity contribution in [2.75, 3.05) is 28.2 Å². The van der Waals surface area contributed by atoms with Gasteiger partial charge in [-0.3, -0.25) is 9.59 Å². The predicted molar refractivity (Wildman–Crippen MR) is 134 cm³/mol. The summed E-state index contributed by atoms with van der Waals surface area (Å²) in [6.07, 6.45) is 2.42. The molecule has 2 amide bonds. The lowest BCUT2D eigenvalue weighted by Crippen LogP contribution is -2.33. The first kappa shape index (κ1) is 21.3. The van der Waals surface area contributed by atoms with Crippen LogP contribution in [0.25, 0.3) is 5.57 Å². The highest BCUT2D eigenvalue weighted by Gasteiger charge is 2.40. The Morgan fingerprint density at radius 2 is 1.48 bits per heavy atom. The van der Waals surface area contributed by atoms with Gasteiger partial charge in [-0.15, -0.1) is 0 Å². The van der Waals surface area contributed by atoms with Crippen LogP contribution in [0.5, 0.6) is 0 Å². The monoisotopic (exact) mass is 457 g/mol. The highest BCUT2D eigenvalue weighted by atomic mass is 35.5. The molecule has 3 aromatic carbocycles. The number of nitrogens with one attached hydrogen (secondary N) is 1. The summed E-state index contributed by atoms with van der Waals surface area (Å²) in [4.78, 5) is 30.7. The smallest absolute Gasteiger partial charge is 0.282 e. The van der Waals surface area contributed by atoms with Crippen LogP contribution in [0.1, 0.15) is 24.0 Å². The Hall–Kier alpha value is -3.57. The predicted octanol–water partition coefficient (Wildman–Crippen LogP) is 5.65. The van der Waals surface area contributed by atoms with E-state index in [2.05, 4.69) is 22.3 Å². The van der Waals surface area contributed by atoms with E-state index in [0.717, 1.165) is 24.3 Å². The van der Waals surface area contributed by atoms with Crippen molar-refractivity contribution in [2.24, 2.45) is 0 Å². The van der Waals surface area contributed by atoms with Crippen LogP contribution in [0.2, 0.25) is 5.02 Å². The number of carbonyl (C=O) groups is 2. The van der Waals surface area contributed by atoms with Crippen LogP contribution in [0.15, 0.2) is 78.5 Å². The molecule has 3 aromatic rings. The number of benzene rings is 3. The molecule has 0 radical (unpaired) electrons. The quantitative estimate of drug-likeness (QED) is 0.503. The highest BCUT2D eigenvalue weighted by Crippen LogP contribution is 2.35. The van der Waals surface area contributed by atoms with Crippen molar-refractivity contribution in [1.29, 1.82) is 0 Å². The molecule has 6 heteroatoms. The van der Waals surface area contributed by atoms with E-state index in [-0.39, 0.29) is 17.5 Å². The minimum absolute atomic E-state index is 0.263. The maximum Gasteiger partial charge on any atom is 0.282 e. The number of halogens is 1. The molecule has 5 nitrogen and oxygen atoms in total. The van der Waals surface area contributed by atoms with E-state index in [1.54, 1.807) is 30.3 Å². The number of rotatable bonds is 5. The highest BCUT2D eigenvalue weighted by molar-refractivity contribution is 6.46. The average Bonchev–Trinajstić information content (AvgIpc) is 3.44. The number of aryl methyl sites for hydroxylation is 1. The van der Waals surface area contributed by atoms with Gasteiger partial charge in [0.15, 0.2) is 0 Å². The number of amides is 2. The number of para-hydroxylation sites is 1. The van der Waals surface area contributed by atoms with Crippen molar-refractivity contribution in [3.8, 4) is 0 Å². The van der Waals surface area contributed by atoms with E-state index in [1.807, 2.05) is 37.3 Å². The first-order chi connectivity index (χ1) is 16.0. The standard InChI is InChI=1S/C27H24ClN3O2/c1-18-6-2-3-7-23(18)31-26(32)24(19-8-10-20(28)11-9-19)25(27(31)33)29-21-12-14-22(15-13-21)30-16-4-5-17-30/h2-3,6-15,29H,4-5,16-17H2,1H3. The maximum atomic E-state index is 13.6. The zero-order valence-electron chi connectivity index (χ0n) is 18.3. The van der Waals surface area contributed by atoms with E-state index in [1.165, 1.54) is 23.4 Å². The number of nitrogens with zero attached hydrogens (tertiary/aromatic N) is 2. The minimum Gasteiger partial charge on any atom is -0.372 e. The summed E-state index contributed by atoms with van der Waals surface area (Å²) in [7, 11) is 0. The second-order valence-corrected chi connectivity index (χ2v) is 8.79. The number of hydrogen-bond donors (Lipinski definition) is 1. The Kier molecular flexibility index (Phi) is 5.65. The second kappa shape index (κ2) is 8.75. The molecule has 1 saturated heterocycles. The fraction of sp³-hybridized carbons (Fsp3) is 0.185. The molecular weight excluding hydrogens is 434 g/mol. The first-order valence-electron chi connectivity index (χ1n) is 11.1. The van der Waals surface area contributed by atoms with Gasteiger partial charge in [-0.2, -0.15) is 0 Å². The minimum atomic E-state index is -0.372. The van der Waals surface area contributed by atoms with E-state index < -0.39 is 0 Å². The summed E-state index contributed by atoms with van der Waals surface area (Å²) in [6.45, 7) is 4.02. The van der Waals surface area contributed by atoms with Gasteiger partial charge in [0.2, 0.25) is 0 Å². The maximum absolute atomic E-state index is 13.6. The average molecular weight is 458 g/mol. The fourth-order valence-electron chi connectivity index (χ4n) is 4.44. The molecule has 5 rings (SSSR count). The van der Waals surface area contributed by atoms with Crippen molar-refractivity contribution in [1.82, 2.24) is 0 Å². The molecule has 33 heavy (non-hydrogen) atoms. The lowest BCUT2D eigenvalue weighted by atomic mass is 10.0. The Labute approximate surface area is 198 Å². The van der Waals surface area contributed by atoms with Gasteiger partial charge in [-0.25, -0.2) is 4.90 Å². The lowest BCUT2D eigenvalue weighted by Gasteiger charge is -2.19. The van der Waals surface area contributed by atoms with Gasteiger partial charge in [-0.1, -0.05) is 41.9 Å². The fourth-order valence-corrected chi connectivity index (χ4v) is 4.56. The van der Waals surface area contributed by atoms with Gasteiger partial charge in [0.05, 0.1) is 11.3 Å². The van der Waals surface area contributed by atoms with Crippen LogP contribution in [0, 0.1) is 6.92 Å². The zero-order chi connectivity index (χ0) is 22.9. The Morgan fingerprint density at radius 1 is 0.818 bits per heavy atom. The molecule has 0 aliphatic carbocycles. The van der Waals surface area contributed by atoms with Crippen molar-refractivity contribution in [2.45, 2.75) is 19.8 Å². The largest absolute Gasteiger partial charge is 0.372 e. The normalized spacial score (nSPS) is 16.2. The third kappa shape index (κ3) is 4.00. The van der Waals surface area contributed by atoms with Gasteiger partial charge in [0.25, 0.3) is 11.8 Å². The number of imide groups is 1. The van der Waals surface area contributed by atoms with Gasteiger partial charge >= 0.3 is 0 Å². The van der Waals surface area contributed by atoms with Crippen LogP contribution in [0.3, 0.4) is 0 Å². The van der Waals surface area contributed by atoms with Gasteiger partial charge in [0.1, 0.15) is 5.70 Å². The van der Waals surface area contributed by atoms with E-state index in [4.69, 9.17) is 11.6 Å². The lowest BCUT2D eigenvalue weighted by molar-refractivity contribution is -0.120. The third-order valence-corrected chi connectivity index (χ3v) is 6.43. The Bertz CT molecular complexity index is 1240. The van der Waals surface area contributed by atoms with Crippen molar-refractivity contribution < 1.29 is 9.59 Å². The molecule has 0 atom stereocenters. The Morgan fingerprint density at radius 3 is 2.15 bits per heavy atom. The van der Waals surface area contributed by atoms with Crippen LogP contribution < -0.4 is 15.1 Å². The molecule has 0 aromatic heterocycles. The molecule has 0 saturated carbocycles. The third-order valence-electron chi connectivity index (χ3n) is 6.18. The summed E-state index contributed by atoms with van der Waals surface area (Å²) in [5.41, 5.74) is 4.60. The van der Waals surface area contributed by atoms with E-state index in [0.29, 0.717) is 21.8 Å².